The highest BCUT2D eigenvalue weighted by atomic mass is 16.6. The quantitative estimate of drug-likeness (QED) is 0.840. The monoisotopic (exact) mass is 272 g/mol. The van der Waals surface area contributed by atoms with E-state index in [1.165, 1.54) is 5.56 Å². The van der Waals surface area contributed by atoms with E-state index in [1.54, 1.807) is 0 Å². The van der Waals surface area contributed by atoms with Crippen molar-refractivity contribution >= 4 is 6.09 Å². The van der Waals surface area contributed by atoms with Crippen LogP contribution in [0.4, 0.5) is 4.79 Å². The summed E-state index contributed by atoms with van der Waals surface area (Å²) >= 11 is 0. The summed E-state index contributed by atoms with van der Waals surface area (Å²) in [5, 5.41) is 3.63. The van der Waals surface area contributed by atoms with Crippen molar-refractivity contribution in [2.75, 3.05) is 6.61 Å². The molecule has 4 nitrogen and oxygen atoms in total. The van der Waals surface area contributed by atoms with Crippen LogP contribution in [0.5, 0.6) is 0 Å². The lowest BCUT2D eigenvalue weighted by atomic mass is 9.53. The van der Waals surface area contributed by atoms with Crippen LogP contribution in [-0.2, 0) is 4.74 Å². The highest BCUT2D eigenvalue weighted by Gasteiger charge is 2.92. The second-order valence-electron chi connectivity index (χ2n) is 6.39. The van der Waals surface area contributed by atoms with Crippen molar-refractivity contribution < 1.29 is 9.53 Å². The third-order valence-electron chi connectivity index (χ3n) is 5.84. The largest absolute Gasteiger partial charge is 0.450 e. The molecule has 0 bridgehead atoms. The SMILES string of the molecule is CCOC(=O)N1[C@]2(C)[C@H]3N[C@@H](c4ccccc4)[C@H]3[C@]12C. The molecule has 106 valence electrons. The van der Waals surface area contributed by atoms with E-state index in [1.807, 2.05) is 17.9 Å². The van der Waals surface area contributed by atoms with Crippen molar-refractivity contribution in [3.8, 4) is 0 Å². The molecule has 4 heteroatoms. The first kappa shape index (κ1) is 12.2. The maximum Gasteiger partial charge on any atom is 0.410 e. The number of carbonyl (C=O) groups is 1. The fraction of sp³-hybridized carbons (Fsp3) is 0.562. The van der Waals surface area contributed by atoms with Gasteiger partial charge in [0.15, 0.2) is 0 Å². The van der Waals surface area contributed by atoms with Crippen molar-refractivity contribution in [2.45, 2.75) is 43.9 Å². The standard InChI is InChI=1S/C16H20N2O2/c1-4-20-14(19)18-15(2)11-12(10-8-6-5-7-9-10)17-13(11)16(15,18)3/h5-9,11-13,17H,4H2,1-3H3/t11-,12+,13+,15+,16-,18?/m1/s1. The Morgan fingerprint density at radius 1 is 1.30 bits per heavy atom. The fourth-order valence-corrected chi connectivity index (χ4v) is 4.67. The second-order valence-corrected chi connectivity index (χ2v) is 6.39. The summed E-state index contributed by atoms with van der Waals surface area (Å²) in [6.07, 6.45) is -0.166. The van der Waals surface area contributed by atoms with Gasteiger partial charge in [-0.2, -0.15) is 0 Å². The number of rotatable bonds is 2. The van der Waals surface area contributed by atoms with Crippen LogP contribution in [0.1, 0.15) is 32.4 Å². The molecule has 1 saturated carbocycles. The van der Waals surface area contributed by atoms with Gasteiger partial charge >= 0.3 is 6.09 Å². The maximum atomic E-state index is 12.1. The van der Waals surface area contributed by atoms with E-state index in [4.69, 9.17) is 4.74 Å². The van der Waals surface area contributed by atoms with Crippen LogP contribution in [0, 0.1) is 5.92 Å². The third kappa shape index (κ3) is 1.07. The Morgan fingerprint density at radius 3 is 2.65 bits per heavy atom. The first-order valence-corrected chi connectivity index (χ1v) is 7.35. The minimum Gasteiger partial charge on any atom is -0.450 e. The van der Waals surface area contributed by atoms with Gasteiger partial charge in [0.05, 0.1) is 17.7 Å². The normalized spacial score (nSPS) is 43.8. The number of amides is 1. The van der Waals surface area contributed by atoms with Crippen LogP contribution in [0.25, 0.3) is 0 Å². The van der Waals surface area contributed by atoms with E-state index < -0.39 is 0 Å². The molecule has 3 aliphatic rings. The number of hydrogen-bond donors (Lipinski definition) is 1. The Morgan fingerprint density at radius 2 is 2.00 bits per heavy atom. The van der Waals surface area contributed by atoms with E-state index in [0.717, 1.165) is 0 Å². The zero-order valence-electron chi connectivity index (χ0n) is 12.1. The van der Waals surface area contributed by atoms with E-state index in [-0.39, 0.29) is 17.2 Å². The number of piperidine rings is 1. The zero-order valence-corrected chi connectivity index (χ0v) is 12.1. The Hall–Kier alpha value is -1.55. The highest BCUT2D eigenvalue weighted by molar-refractivity contribution is 5.79. The molecule has 0 radical (unpaired) electrons. The molecule has 0 spiro atoms. The summed E-state index contributed by atoms with van der Waals surface area (Å²) in [4.78, 5) is 14.1. The van der Waals surface area contributed by atoms with Crippen molar-refractivity contribution in [1.82, 2.24) is 10.2 Å². The Kier molecular flexibility index (Phi) is 2.17. The minimum atomic E-state index is -0.166. The molecule has 2 saturated heterocycles. The molecule has 0 aromatic heterocycles. The predicted octanol–water partition coefficient (Wildman–Crippen LogP) is 2.32. The van der Waals surface area contributed by atoms with Gasteiger partial charge in [0.25, 0.3) is 0 Å². The number of benzene rings is 1. The molecule has 3 fully saturated rings. The van der Waals surface area contributed by atoms with Gasteiger partial charge < -0.3 is 10.1 Å². The van der Waals surface area contributed by atoms with Gasteiger partial charge in [0, 0.05) is 18.0 Å². The molecule has 4 rings (SSSR count). The van der Waals surface area contributed by atoms with Crippen LogP contribution in [0.3, 0.4) is 0 Å². The summed E-state index contributed by atoms with van der Waals surface area (Å²) in [5.41, 5.74) is 1.21. The van der Waals surface area contributed by atoms with Gasteiger partial charge in [0.1, 0.15) is 0 Å². The van der Waals surface area contributed by atoms with Crippen LogP contribution in [-0.4, -0.2) is 34.7 Å². The molecular formula is C16H20N2O2. The van der Waals surface area contributed by atoms with E-state index in [2.05, 4.69) is 43.4 Å². The molecule has 5 atom stereocenters. The van der Waals surface area contributed by atoms with Crippen molar-refractivity contribution in [3.63, 3.8) is 0 Å². The average molecular weight is 272 g/mol. The number of nitrogens with zero attached hydrogens (tertiary/aromatic N) is 1. The van der Waals surface area contributed by atoms with E-state index in [9.17, 15) is 4.79 Å². The lowest BCUT2D eigenvalue weighted by Gasteiger charge is -2.59. The molecular weight excluding hydrogens is 252 g/mol. The summed E-state index contributed by atoms with van der Waals surface area (Å²) < 4.78 is 5.20. The lowest BCUT2D eigenvalue weighted by Crippen LogP contribution is -2.75. The third-order valence-corrected chi connectivity index (χ3v) is 5.84. The number of hydrogen-bond acceptors (Lipinski definition) is 3. The molecule has 0 unspecified atom stereocenters. The van der Waals surface area contributed by atoms with Gasteiger partial charge in [-0.1, -0.05) is 30.3 Å². The molecule has 1 N–H and O–H groups in total. The smallest absolute Gasteiger partial charge is 0.410 e. The van der Waals surface area contributed by atoms with E-state index in [0.29, 0.717) is 24.6 Å². The number of fused-ring (bicyclic) bond motifs is 4. The Bertz CT molecular complexity index is 575. The molecule has 1 amide bonds. The maximum absolute atomic E-state index is 12.1. The summed E-state index contributed by atoms with van der Waals surface area (Å²) in [7, 11) is 0. The molecule has 1 aromatic rings. The average Bonchev–Trinajstić information content (AvgIpc) is 2.81. The zero-order chi connectivity index (χ0) is 14.1. The molecule has 2 aliphatic heterocycles. The highest BCUT2D eigenvalue weighted by Crippen LogP contribution is 2.75. The van der Waals surface area contributed by atoms with Crippen molar-refractivity contribution in [1.29, 1.82) is 0 Å². The van der Waals surface area contributed by atoms with Gasteiger partial charge in [-0.25, -0.2) is 4.79 Å². The fourth-order valence-electron chi connectivity index (χ4n) is 4.67. The molecule has 1 aromatic carbocycles. The van der Waals surface area contributed by atoms with Gasteiger partial charge in [-0.05, 0) is 26.3 Å². The number of carbonyl (C=O) groups excluding carboxylic acids is 1. The number of ether oxygens (including phenoxy) is 1. The van der Waals surface area contributed by atoms with Gasteiger partial charge in [0.2, 0.25) is 0 Å². The minimum absolute atomic E-state index is 0.0460. The lowest BCUT2D eigenvalue weighted by molar-refractivity contribution is 0.00190. The number of nitrogens with one attached hydrogen (secondary N) is 1. The Balaban J connectivity index is 1.58. The molecule has 2 heterocycles. The molecule has 20 heavy (non-hydrogen) atoms. The van der Waals surface area contributed by atoms with Gasteiger partial charge in [-0.15, -0.1) is 0 Å². The summed E-state index contributed by atoms with van der Waals surface area (Å²) in [5.74, 6) is 0.499. The van der Waals surface area contributed by atoms with Crippen LogP contribution in [0.15, 0.2) is 30.3 Å². The molecule has 1 aliphatic carbocycles. The first-order valence-electron chi connectivity index (χ1n) is 7.35. The van der Waals surface area contributed by atoms with Crippen LogP contribution >= 0.6 is 0 Å². The number of likely N-dealkylation sites (tertiary alicyclic amines) is 1. The van der Waals surface area contributed by atoms with E-state index >= 15 is 0 Å². The Labute approximate surface area is 119 Å². The van der Waals surface area contributed by atoms with Crippen LogP contribution < -0.4 is 5.32 Å². The van der Waals surface area contributed by atoms with Crippen LogP contribution in [0.2, 0.25) is 0 Å². The van der Waals surface area contributed by atoms with Gasteiger partial charge in [-0.3, -0.25) is 4.90 Å². The first-order chi connectivity index (χ1) is 9.56. The van der Waals surface area contributed by atoms with Crippen molar-refractivity contribution in [2.24, 2.45) is 5.92 Å². The summed E-state index contributed by atoms with van der Waals surface area (Å²) in [6, 6.07) is 11.3. The predicted molar refractivity (Wildman–Crippen MR) is 75.3 cm³/mol. The second kappa shape index (κ2) is 3.55. The summed E-state index contributed by atoms with van der Waals surface area (Å²) in [6.45, 7) is 6.65. The topological polar surface area (TPSA) is 41.3 Å². The van der Waals surface area contributed by atoms with Crippen molar-refractivity contribution in [3.05, 3.63) is 35.9 Å².